The minimum absolute atomic E-state index is 0.356. The molecule has 0 atom stereocenters. The molecule has 1 fully saturated rings. The maximum absolute atomic E-state index is 11.8. The number of hydrogen-bond acceptors (Lipinski definition) is 4. The summed E-state index contributed by atoms with van der Waals surface area (Å²) in [6.45, 7) is 2.15. The lowest BCUT2D eigenvalue weighted by molar-refractivity contribution is 0.0507. The van der Waals surface area contributed by atoms with E-state index in [4.69, 9.17) is 4.74 Å². The van der Waals surface area contributed by atoms with Crippen LogP contribution in [0.4, 0.5) is 0 Å². The van der Waals surface area contributed by atoms with E-state index >= 15 is 0 Å². The molecule has 1 aliphatic rings. The Kier molecular flexibility index (Phi) is 2.31. The first-order valence-electron chi connectivity index (χ1n) is 5.81. The molecular formula is C12H13N3O2. The van der Waals surface area contributed by atoms with Gasteiger partial charge in [0.05, 0.1) is 6.61 Å². The molecule has 0 unspecified atom stereocenters. The molecule has 1 aliphatic carbocycles. The van der Waals surface area contributed by atoms with Gasteiger partial charge in [-0.15, -0.1) is 0 Å². The van der Waals surface area contributed by atoms with Crippen molar-refractivity contribution in [3.8, 4) is 0 Å². The predicted molar refractivity (Wildman–Crippen MR) is 61.8 cm³/mol. The highest BCUT2D eigenvalue weighted by molar-refractivity contribution is 5.90. The summed E-state index contributed by atoms with van der Waals surface area (Å²) in [6.07, 6.45) is 3.88. The molecule has 0 amide bonds. The number of imidazole rings is 1. The molecule has 88 valence electrons. The fourth-order valence-electron chi connectivity index (χ4n) is 1.95. The van der Waals surface area contributed by atoms with Crippen molar-refractivity contribution in [1.82, 2.24) is 14.5 Å². The molecule has 1 saturated carbocycles. The van der Waals surface area contributed by atoms with Crippen LogP contribution in [0.5, 0.6) is 0 Å². The van der Waals surface area contributed by atoms with Gasteiger partial charge in [-0.2, -0.15) is 0 Å². The summed E-state index contributed by atoms with van der Waals surface area (Å²) in [6, 6.07) is 4.04. The van der Waals surface area contributed by atoms with Crippen LogP contribution in [0.25, 0.3) is 11.2 Å². The smallest absolute Gasteiger partial charge is 0.374 e. The number of hydrogen-bond donors (Lipinski definition) is 0. The highest BCUT2D eigenvalue weighted by Gasteiger charge is 2.31. The quantitative estimate of drug-likeness (QED) is 0.757. The lowest BCUT2D eigenvalue weighted by Crippen LogP contribution is -2.13. The molecule has 3 rings (SSSR count). The number of pyridine rings is 1. The predicted octanol–water partition coefficient (Wildman–Crippen LogP) is 1.94. The number of carbonyl (C=O) groups excluding carboxylic acids is 1. The van der Waals surface area contributed by atoms with Crippen molar-refractivity contribution in [2.24, 2.45) is 0 Å². The van der Waals surface area contributed by atoms with E-state index in [0.717, 1.165) is 24.0 Å². The second kappa shape index (κ2) is 3.84. The van der Waals surface area contributed by atoms with E-state index in [1.807, 2.05) is 16.7 Å². The first-order valence-corrected chi connectivity index (χ1v) is 5.81. The molecular weight excluding hydrogens is 218 g/mol. The molecule has 5 heteroatoms. The van der Waals surface area contributed by atoms with Gasteiger partial charge in [0.2, 0.25) is 5.82 Å². The van der Waals surface area contributed by atoms with Crippen LogP contribution in [-0.4, -0.2) is 27.1 Å². The third kappa shape index (κ3) is 1.67. The molecule has 0 aromatic carbocycles. The molecule has 0 N–H and O–H groups in total. The van der Waals surface area contributed by atoms with Gasteiger partial charge < -0.3 is 4.74 Å². The first-order chi connectivity index (χ1) is 8.31. The van der Waals surface area contributed by atoms with E-state index in [2.05, 4.69) is 9.97 Å². The minimum Gasteiger partial charge on any atom is -0.460 e. The maximum Gasteiger partial charge on any atom is 0.374 e. The molecule has 0 radical (unpaired) electrons. The van der Waals surface area contributed by atoms with E-state index in [0.29, 0.717) is 18.5 Å². The van der Waals surface area contributed by atoms with Gasteiger partial charge in [-0.1, -0.05) is 0 Å². The van der Waals surface area contributed by atoms with Crippen molar-refractivity contribution in [1.29, 1.82) is 0 Å². The van der Waals surface area contributed by atoms with E-state index in [-0.39, 0.29) is 5.97 Å². The standard InChI is InChI=1S/C12H13N3O2/c1-2-17-12(16)11-14-9-4-3-7-13-10(9)15(11)8-5-6-8/h3-4,7-8H,2,5-6H2,1H3. The van der Waals surface area contributed by atoms with Crippen molar-refractivity contribution in [2.75, 3.05) is 6.61 Å². The average Bonchev–Trinajstić information content (AvgIpc) is 3.09. The molecule has 0 spiro atoms. The lowest BCUT2D eigenvalue weighted by Gasteiger charge is -2.05. The molecule has 17 heavy (non-hydrogen) atoms. The highest BCUT2D eigenvalue weighted by atomic mass is 16.5. The van der Waals surface area contributed by atoms with Crippen LogP contribution in [0.3, 0.4) is 0 Å². The van der Waals surface area contributed by atoms with Gasteiger partial charge in [0.25, 0.3) is 0 Å². The van der Waals surface area contributed by atoms with Crippen LogP contribution in [0.1, 0.15) is 36.4 Å². The second-order valence-electron chi connectivity index (χ2n) is 4.10. The molecule has 2 heterocycles. The minimum atomic E-state index is -0.364. The number of esters is 1. The largest absolute Gasteiger partial charge is 0.460 e. The Morgan fingerprint density at radius 3 is 3.12 bits per heavy atom. The third-order valence-electron chi connectivity index (χ3n) is 2.82. The topological polar surface area (TPSA) is 57.0 Å². The Hall–Kier alpha value is -1.91. The van der Waals surface area contributed by atoms with E-state index in [1.54, 1.807) is 13.1 Å². The first kappa shape index (κ1) is 10.3. The molecule has 0 saturated heterocycles. The van der Waals surface area contributed by atoms with Gasteiger partial charge in [-0.25, -0.2) is 14.8 Å². The number of nitrogens with zero attached hydrogens (tertiary/aromatic N) is 3. The third-order valence-corrected chi connectivity index (χ3v) is 2.82. The molecule has 2 aromatic rings. The molecule has 0 aliphatic heterocycles. The van der Waals surface area contributed by atoms with Gasteiger partial charge in [-0.05, 0) is 31.9 Å². The fourth-order valence-corrected chi connectivity index (χ4v) is 1.95. The van der Waals surface area contributed by atoms with Gasteiger partial charge in [0, 0.05) is 12.2 Å². The Balaban J connectivity index is 2.15. The summed E-state index contributed by atoms with van der Waals surface area (Å²) in [5.74, 6) is 0.0143. The Bertz CT molecular complexity index is 572. The summed E-state index contributed by atoms with van der Waals surface area (Å²) >= 11 is 0. The second-order valence-corrected chi connectivity index (χ2v) is 4.10. The van der Waals surface area contributed by atoms with Crippen molar-refractivity contribution < 1.29 is 9.53 Å². The van der Waals surface area contributed by atoms with Crippen LogP contribution in [0.2, 0.25) is 0 Å². The van der Waals surface area contributed by atoms with E-state index in [9.17, 15) is 4.79 Å². The summed E-state index contributed by atoms with van der Waals surface area (Å²) in [4.78, 5) is 20.5. The Morgan fingerprint density at radius 1 is 1.59 bits per heavy atom. The van der Waals surface area contributed by atoms with Crippen LogP contribution in [-0.2, 0) is 4.74 Å². The molecule has 2 aromatic heterocycles. The van der Waals surface area contributed by atoms with Crippen LogP contribution < -0.4 is 0 Å². The van der Waals surface area contributed by atoms with Crippen molar-refractivity contribution in [3.05, 3.63) is 24.2 Å². The van der Waals surface area contributed by atoms with E-state index < -0.39 is 0 Å². The number of fused-ring (bicyclic) bond motifs is 1. The number of rotatable bonds is 3. The van der Waals surface area contributed by atoms with Crippen molar-refractivity contribution in [3.63, 3.8) is 0 Å². The Morgan fingerprint density at radius 2 is 2.41 bits per heavy atom. The molecule has 0 bridgehead atoms. The summed E-state index contributed by atoms with van der Waals surface area (Å²) in [5.41, 5.74) is 1.53. The normalized spacial score (nSPS) is 15.1. The average molecular weight is 231 g/mol. The molecule has 5 nitrogen and oxygen atoms in total. The highest BCUT2D eigenvalue weighted by Crippen LogP contribution is 2.38. The van der Waals surface area contributed by atoms with Gasteiger partial charge in [0.15, 0.2) is 5.65 Å². The monoisotopic (exact) mass is 231 g/mol. The zero-order valence-corrected chi connectivity index (χ0v) is 9.59. The van der Waals surface area contributed by atoms with Gasteiger partial charge in [-0.3, -0.25) is 4.57 Å². The number of carbonyl (C=O) groups is 1. The maximum atomic E-state index is 11.8. The zero-order chi connectivity index (χ0) is 11.8. The van der Waals surface area contributed by atoms with E-state index in [1.165, 1.54) is 0 Å². The van der Waals surface area contributed by atoms with Gasteiger partial charge >= 0.3 is 5.97 Å². The van der Waals surface area contributed by atoms with Crippen LogP contribution >= 0.6 is 0 Å². The summed E-state index contributed by atoms with van der Waals surface area (Å²) in [7, 11) is 0. The SMILES string of the molecule is CCOC(=O)c1nc2cccnc2n1C1CC1. The van der Waals surface area contributed by atoms with Crippen LogP contribution in [0, 0.1) is 0 Å². The summed E-state index contributed by atoms with van der Waals surface area (Å²) < 4.78 is 6.94. The number of ether oxygens (including phenoxy) is 1. The summed E-state index contributed by atoms with van der Waals surface area (Å²) in [5, 5.41) is 0. The number of aromatic nitrogens is 3. The van der Waals surface area contributed by atoms with Crippen molar-refractivity contribution >= 4 is 17.1 Å². The Labute approximate surface area is 98.4 Å². The lowest BCUT2D eigenvalue weighted by atomic mass is 10.4. The van der Waals surface area contributed by atoms with Gasteiger partial charge in [0.1, 0.15) is 5.52 Å². The van der Waals surface area contributed by atoms with Crippen LogP contribution in [0.15, 0.2) is 18.3 Å². The van der Waals surface area contributed by atoms with Crippen molar-refractivity contribution in [2.45, 2.75) is 25.8 Å². The fraction of sp³-hybridized carbons (Fsp3) is 0.417. The zero-order valence-electron chi connectivity index (χ0n) is 9.59.